The molecule has 0 aromatic heterocycles. The highest BCUT2D eigenvalue weighted by Gasteiger charge is 2.44. The van der Waals surface area contributed by atoms with E-state index in [1.807, 2.05) is 0 Å². The van der Waals surface area contributed by atoms with Gasteiger partial charge in [0.2, 0.25) is 5.91 Å². The third-order valence-electron chi connectivity index (χ3n) is 3.53. The number of esters is 1. The van der Waals surface area contributed by atoms with Crippen LogP contribution in [0.5, 0.6) is 0 Å². The van der Waals surface area contributed by atoms with Crippen LogP contribution in [0.4, 0.5) is 0 Å². The number of hydrogen-bond donors (Lipinski definition) is 1. The van der Waals surface area contributed by atoms with Gasteiger partial charge in [-0.25, -0.2) is 0 Å². The zero-order valence-electron chi connectivity index (χ0n) is 12.0. The number of rotatable bonds is 6. The largest absolute Gasteiger partial charge is 0.466 e. The number of amides is 1. The second-order valence-corrected chi connectivity index (χ2v) is 5.28. The first-order valence-electron chi connectivity index (χ1n) is 6.73. The highest BCUT2D eigenvalue weighted by atomic mass is 32.1. The molecule has 0 saturated carbocycles. The zero-order chi connectivity index (χ0) is 15.2. The summed E-state index contributed by atoms with van der Waals surface area (Å²) < 4.78 is 10.1. The second-order valence-electron chi connectivity index (χ2n) is 4.84. The summed E-state index contributed by atoms with van der Waals surface area (Å²) in [5.74, 6) is -0.457. The summed E-state index contributed by atoms with van der Waals surface area (Å²) in [7, 11) is 1.65. The molecule has 1 aliphatic rings. The molecule has 0 bridgehead atoms. The van der Waals surface area contributed by atoms with Crippen LogP contribution in [0.15, 0.2) is 0 Å². The third kappa shape index (κ3) is 3.89. The molecule has 1 amide bonds. The molecule has 114 valence electrons. The molecule has 0 spiro atoms. The Labute approximate surface area is 124 Å². The number of nitrogens with two attached hydrogens (primary N) is 1. The molecule has 0 radical (unpaired) electrons. The lowest BCUT2D eigenvalue weighted by Crippen LogP contribution is -2.52. The van der Waals surface area contributed by atoms with E-state index in [1.54, 1.807) is 14.0 Å². The summed E-state index contributed by atoms with van der Waals surface area (Å²) in [5, 5.41) is 0. The van der Waals surface area contributed by atoms with Gasteiger partial charge in [-0.15, -0.1) is 0 Å². The second kappa shape index (κ2) is 7.54. The van der Waals surface area contributed by atoms with E-state index in [9.17, 15) is 9.59 Å². The van der Waals surface area contributed by atoms with Crippen molar-refractivity contribution in [3.05, 3.63) is 0 Å². The molecule has 1 aliphatic heterocycles. The van der Waals surface area contributed by atoms with E-state index in [4.69, 9.17) is 27.4 Å². The Balaban J connectivity index is 2.65. The standard InChI is InChI=1S/C13H22N2O4S/c1-3-19-10(16)4-7-15(2)12(17)13(11(14)20)5-8-18-9-6-13/h3-9H2,1-2H3,(H2,14,20). The molecular weight excluding hydrogens is 280 g/mol. The molecule has 6 nitrogen and oxygen atoms in total. The maximum atomic E-state index is 12.6. The molecule has 1 saturated heterocycles. The molecule has 7 heteroatoms. The highest BCUT2D eigenvalue weighted by molar-refractivity contribution is 7.80. The van der Waals surface area contributed by atoms with Crippen LogP contribution >= 0.6 is 12.2 Å². The Hall–Kier alpha value is -1.21. The maximum Gasteiger partial charge on any atom is 0.307 e. The minimum Gasteiger partial charge on any atom is -0.466 e. The SMILES string of the molecule is CCOC(=O)CCN(C)C(=O)C1(C(N)=S)CCOCC1. The summed E-state index contributed by atoms with van der Waals surface area (Å²) in [6.45, 7) is 3.31. The van der Waals surface area contributed by atoms with Crippen molar-refractivity contribution in [2.75, 3.05) is 33.4 Å². The Morgan fingerprint density at radius 2 is 2.00 bits per heavy atom. The van der Waals surface area contributed by atoms with Gasteiger partial charge in [-0.3, -0.25) is 9.59 Å². The summed E-state index contributed by atoms with van der Waals surface area (Å²) in [5.41, 5.74) is 4.94. The third-order valence-corrected chi connectivity index (χ3v) is 3.92. The molecule has 0 atom stereocenters. The molecule has 2 N–H and O–H groups in total. The van der Waals surface area contributed by atoms with Crippen LogP contribution in [0.1, 0.15) is 26.2 Å². The number of hydrogen-bond acceptors (Lipinski definition) is 5. The van der Waals surface area contributed by atoms with E-state index in [0.29, 0.717) is 39.2 Å². The van der Waals surface area contributed by atoms with Gasteiger partial charge in [-0.2, -0.15) is 0 Å². The van der Waals surface area contributed by atoms with E-state index in [-0.39, 0.29) is 23.3 Å². The van der Waals surface area contributed by atoms with Crippen molar-refractivity contribution in [2.24, 2.45) is 11.1 Å². The average Bonchev–Trinajstić information content (AvgIpc) is 2.44. The molecule has 0 unspecified atom stereocenters. The summed E-state index contributed by atoms with van der Waals surface area (Å²) in [4.78, 5) is 25.6. The van der Waals surface area contributed by atoms with Crippen molar-refractivity contribution in [1.29, 1.82) is 0 Å². The normalized spacial score (nSPS) is 17.3. The van der Waals surface area contributed by atoms with Gasteiger partial charge in [-0.05, 0) is 19.8 Å². The molecule has 1 rings (SSSR count). The summed E-state index contributed by atoms with van der Waals surface area (Å²) >= 11 is 5.08. The Kier molecular flexibility index (Phi) is 6.35. The predicted molar refractivity (Wildman–Crippen MR) is 78.2 cm³/mol. The van der Waals surface area contributed by atoms with E-state index in [1.165, 1.54) is 4.90 Å². The number of carbonyl (C=O) groups is 2. The average molecular weight is 302 g/mol. The fourth-order valence-electron chi connectivity index (χ4n) is 2.24. The number of thiocarbonyl (C=S) groups is 1. The molecule has 0 aromatic carbocycles. The zero-order valence-corrected chi connectivity index (χ0v) is 12.8. The molecule has 0 aromatic rings. The Morgan fingerprint density at radius 1 is 1.40 bits per heavy atom. The predicted octanol–water partition coefficient (Wildman–Crippen LogP) is 0.481. The minimum atomic E-state index is -0.836. The van der Waals surface area contributed by atoms with Crippen molar-refractivity contribution in [3.8, 4) is 0 Å². The van der Waals surface area contributed by atoms with E-state index in [2.05, 4.69) is 0 Å². The van der Waals surface area contributed by atoms with Gasteiger partial charge in [0.05, 0.1) is 18.0 Å². The van der Waals surface area contributed by atoms with Crippen LogP contribution in [0, 0.1) is 5.41 Å². The van der Waals surface area contributed by atoms with Crippen molar-refractivity contribution in [3.63, 3.8) is 0 Å². The lowest BCUT2D eigenvalue weighted by molar-refractivity contribution is -0.145. The highest BCUT2D eigenvalue weighted by Crippen LogP contribution is 2.33. The first kappa shape index (κ1) is 16.8. The van der Waals surface area contributed by atoms with Crippen LogP contribution in [-0.2, 0) is 19.1 Å². The van der Waals surface area contributed by atoms with Gasteiger partial charge >= 0.3 is 5.97 Å². The summed E-state index contributed by atoms with van der Waals surface area (Å²) in [6, 6.07) is 0. The lowest BCUT2D eigenvalue weighted by atomic mass is 9.78. The van der Waals surface area contributed by atoms with E-state index >= 15 is 0 Å². The van der Waals surface area contributed by atoms with Gasteiger partial charge in [0.15, 0.2) is 0 Å². The quantitative estimate of drug-likeness (QED) is 0.568. The topological polar surface area (TPSA) is 81.9 Å². The maximum absolute atomic E-state index is 12.6. The van der Waals surface area contributed by atoms with Crippen LogP contribution in [-0.4, -0.2) is 55.2 Å². The number of carbonyl (C=O) groups excluding carboxylic acids is 2. The first-order valence-corrected chi connectivity index (χ1v) is 7.13. The van der Waals surface area contributed by atoms with Crippen molar-refractivity contribution in [2.45, 2.75) is 26.2 Å². The molecular formula is C13H22N2O4S. The fraction of sp³-hybridized carbons (Fsp3) is 0.769. The summed E-state index contributed by atoms with van der Waals surface area (Å²) in [6.07, 6.45) is 1.15. The minimum absolute atomic E-state index is 0.141. The lowest BCUT2D eigenvalue weighted by Gasteiger charge is -2.37. The van der Waals surface area contributed by atoms with Crippen LogP contribution in [0.3, 0.4) is 0 Å². The van der Waals surface area contributed by atoms with Crippen molar-refractivity contribution < 1.29 is 19.1 Å². The van der Waals surface area contributed by atoms with Gasteiger partial charge in [0.1, 0.15) is 5.41 Å². The van der Waals surface area contributed by atoms with Crippen molar-refractivity contribution in [1.82, 2.24) is 4.90 Å². The van der Waals surface area contributed by atoms with Crippen molar-refractivity contribution >= 4 is 29.1 Å². The van der Waals surface area contributed by atoms with Gasteiger partial charge in [-0.1, -0.05) is 12.2 Å². The monoisotopic (exact) mass is 302 g/mol. The van der Waals surface area contributed by atoms with Crippen LogP contribution in [0.25, 0.3) is 0 Å². The Bertz CT molecular complexity index is 381. The van der Waals surface area contributed by atoms with Gasteiger partial charge in [0.25, 0.3) is 0 Å². The molecule has 0 aliphatic carbocycles. The molecule has 1 fully saturated rings. The van der Waals surface area contributed by atoms with Gasteiger partial charge < -0.3 is 20.1 Å². The molecule has 1 heterocycles. The molecule has 20 heavy (non-hydrogen) atoms. The smallest absolute Gasteiger partial charge is 0.307 e. The van der Waals surface area contributed by atoms with Gasteiger partial charge in [0, 0.05) is 26.8 Å². The number of nitrogens with zero attached hydrogens (tertiary/aromatic N) is 1. The van der Waals surface area contributed by atoms with Crippen LogP contribution in [0.2, 0.25) is 0 Å². The fourth-order valence-corrected chi connectivity index (χ4v) is 2.54. The van der Waals surface area contributed by atoms with Crippen LogP contribution < -0.4 is 5.73 Å². The first-order chi connectivity index (χ1) is 9.44. The Morgan fingerprint density at radius 3 is 2.50 bits per heavy atom. The van der Waals surface area contributed by atoms with E-state index < -0.39 is 5.41 Å². The van der Waals surface area contributed by atoms with E-state index in [0.717, 1.165) is 0 Å². The number of ether oxygens (including phenoxy) is 2.